The fraction of sp³-hybridized carbons (Fsp3) is 0.0714. The van der Waals surface area contributed by atoms with E-state index in [-0.39, 0.29) is 5.56 Å². The van der Waals surface area contributed by atoms with Crippen molar-refractivity contribution in [1.29, 1.82) is 0 Å². The summed E-state index contributed by atoms with van der Waals surface area (Å²) in [6.45, 7) is 0. The van der Waals surface area contributed by atoms with E-state index in [9.17, 15) is 19.3 Å². The quantitative estimate of drug-likeness (QED) is 0.355. The molecule has 0 aliphatic heterocycles. The lowest BCUT2D eigenvalue weighted by Gasteiger charge is -2.08. The third-order valence-electron chi connectivity index (χ3n) is 2.71. The van der Waals surface area contributed by atoms with Crippen molar-refractivity contribution in [3.8, 4) is 11.5 Å². The number of ether oxygens (including phenoxy) is 2. The van der Waals surface area contributed by atoms with Gasteiger partial charge in [0.1, 0.15) is 11.6 Å². The molecule has 0 heterocycles. The molecule has 2 aromatic rings. The molecule has 0 aliphatic carbocycles. The van der Waals surface area contributed by atoms with Crippen LogP contribution in [0, 0.1) is 15.9 Å². The average molecular weight is 370 g/mol. The maximum absolute atomic E-state index is 13.2. The first kappa shape index (κ1) is 15.9. The van der Waals surface area contributed by atoms with Gasteiger partial charge in [-0.15, -0.1) is 0 Å². The van der Waals surface area contributed by atoms with E-state index in [1.54, 1.807) is 12.1 Å². The molecule has 0 aliphatic rings. The number of nitro benzene ring substituents is 1. The molecule has 114 valence electrons. The van der Waals surface area contributed by atoms with Crippen molar-refractivity contribution in [3.05, 3.63) is 62.4 Å². The fourth-order valence-electron chi connectivity index (χ4n) is 1.66. The second kappa shape index (κ2) is 6.52. The monoisotopic (exact) mass is 369 g/mol. The zero-order valence-corrected chi connectivity index (χ0v) is 12.8. The zero-order valence-electron chi connectivity index (χ0n) is 11.2. The number of esters is 1. The summed E-state index contributed by atoms with van der Waals surface area (Å²) in [6.07, 6.45) is 0. The number of hydrogen-bond acceptors (Lipinski definition) is 5. The molecule has 0 saturated carbocycles. The molecule has 0 atom stereocenters. The molecule has 0 amide bonds. The van der Waals surface area contributed by atoms with Crippen LogP contribution in [0.4, 0.5) is 10.1 Å². The van der Waals surface area contributed by atoms with Crippen molar-refractivity contribution < 1.29 is 23.6 Å². The lowest BCUT2D eigenvalue weighted by molar-refractivity contribution is -0.385. The minimum atomic E-state index is -0.875. The second-order valence-corrected chi connectivity index (χ2v) is 4.96. The number of carbonyl (C=O) groups excluding carboxylic acids is 1. The van der Waals surface area contributed by atoms with Gasteiger partial charge in [-0.25, -0.2) is 9.18 Å². The first-order chi connectivity index (χ1) is 10.4. The summed E-state index contributed by atoms with van der Waals surface area (Å²) in [6, 6.07) is 7.21. The van der Waals surface area contributed by atoms with Gasteiger partial charge < -0.3 is 9.47 Å². The van der Waals surface area contributed by atoms with Crippen LogP contribution < -0.4 is 9.47 Å². The van der Waals surface area contributed by atoms with Crippen LogP contribution in [0.15, 0.2) is 40.9 Å². The number of carbonyl (C=O) groups is 1. The van der Waals surface area contributed by atoms with Gasteiger partial charge in [-0.05, 0) is 40.2 Å². The van der Waals surface area contributed by atoms with Gasteiger partial charge in [-0.2, -0.15) is 0 Å². The second-order valence-electron chi connectivity index (χ2n) is 4.10. The number of nitro groups is 1. The molecule has 0 spiro atoms. The summed E-state index contributed by atoms with van der Waals surface area (Å²) < 4.78 is 23.6. The van der Waals surface area contributed by atoms with Crippen LogP contribution in [0.25, 0.3) is 0 Å². The predicted octanol–water partition coefficient (Wildman–Crippen LogP) is 3.72. The molecule has 0 saturated heterocycles. The van der Waals surface area contributed by atoms with E-state index in [4.69, 9.17) is 9.47 Å². The average Bonchev–Trinajstić information content (AvgIpc) is 2.47. The topological polar surface area (TPSA) is 78.7 Å². The van der Waals surface area contributed by atoms with Gasteiger partial charge in [0.05, 0.1) is 17.6 Å². The molecule has 8 heteroatoms. The molecule has 0 fully saturated rings. The van der Waals surface area contributed by atoms with E-state index in [1.807, 2.05) is 0 Å². The summed E-state index contributed by atoms with van der Waals surface area (Å²) >= 11 is 3.17. The van der Waals surface area contributed by atoms with Gasteiger partial charge in [-0.3, -0.25) is 10.1 Å². The van der Waals surface area contributed by atoms with Crippen LogP contribution in [0.5, 0.6) is 11.5 Å². The Labute approximate surface area is 132 Å². The Balaban J connectivity index is 2.37. The van der Waals surface area contributed by atoms with Crippen LogP contribution in [0.2, 0.25) is 0 Å². The smallest absolute Gasteiger partial charge is 0.345 e. The van der Waals surface area contributed by atoms with Crippen molar-refractivity contribution in [2.75, 3.05) is 7.11 Å². The van der Waals surface area contributed by atoms with Crippen molar-refractivity contribution in [3.63, 3.8) is 0 Å². The molecule has 6 nitrogen and oxygen atoms in total. The normalized spacial score (nSPS) is 10.1. The largest absolute Gasteiger partial charge is 0.497 e. The zero-order chi connectivity index (χ0) is 16.3. The van der Waals surface area contributed by atoms with Gasteiger partial charge in [0.2, 0.25) is 5.75 Å². The molecule has 2 aromatic carbocycles. The molecule has 0 N–H and O–H groups in total. The Morgan fingerprint density at radius 2 is 2.00 bits per heavy atom. The highest BCUT2D eigenvalue weighted by molar-refractivity contribution is 9.10. The highest BCUT2D eigenvalue weighted by atomic mass is 79.9. The molecule has 0 unspecified atom stereocenters. The van der Waals surface area contributed by atoms with Crippen molar-refractivity contribution in [2.24, 2.45) is 0 Å². The SMILES string of the molecule is COc1ccc(Br)c(C(=O)Oc2cc(F)ccc2[N+](=O)[O-])c1. The Kier molecular flexibility index (Phi) is 4.71. The number of benzene rings is 2. The summed E-state index contributed by atoms with van der Waals surface area (Å²) in [7, 11) is 1.43. The number of methoxy groups -OCH3 is 1. The Hall–Kier alpha value is -2.48. The third kappa shape index (κ3) is 3.40. The standard InChI is InChI=1S/C14H9BrFNO5/c1-21-9-3-4-11(15)10(7-9)14(18)22-13-6-8(16)2-5-12(13)17(19)20/h2-7H,1H3. The molecule has 2 rings (SSSR count). The highest BCUT2D eigenvalue weighted by Crippen LogP contribution is 2.30. The van der Waals surface area contributed by atoms with E-state index in [2.05, 4.69) is 15.9 Å². The van der Waals surface area contributed by atoms with Crippen molar-refractivity contribution in [1.82, 2.24) is 0 Å². The highest BCUT2D eigenvalue weighted by Gasteiger charge is 2.21. The van der Waals surface area contributed by atoms with Crippen LogP contribution in [0.3, 0.4) is 0 Å². The molecular weight excluding hydrogens is 361 g/mol. The predicted molar refractivity (Wildman–Crippen MR) is 78.7 cm³/mol. The van der Waals surface area contributed by atoms with E-state index < -0.39 is 28.1 Å². The number of halogens is 2. The van der Waals surface area contributed by atoms with E-state index in [0.29, 0.717) is 10.2 Å². The van der Waals surface area contributed by atoms with Gasteiger partial charge in [0.25, 0.3) is 0 Å². The maximum atomic E-state index is 13.2. The number of nitrogens with zero attached hydrogens (tertiary/aromatic N) is 1. The van der Waals surface area contributed by atoms with Gasteiger partial charge >= 0.3 is 11.7 Å². The van der Waals surface area contributed by atoms with Crippen LogP contribution in [-0.4, -0.2) is 18.0 Å². The molecule has 0 bridgehead atoms. The van der Waals surface area contributed by atoms with Crippen molar-refractivity contribution in [2.45, 2.75) is 0 Å². The fourth-order valence-corrected chi connectivity index (χ4v) is 2.07. The Morgan fingerprint density at radius 1 is 1.27 bits per heavy atom. The third-order valence-corrected chi connectivity index (χ3v) is 3.41. The number of hydrogen-bond donors (Lipinski definition) is 0. The van der Waals surface area contributed by atoms with Crippen molar-refractivity contribution >= 4 is 27.6 Å². The maximum Gasteiger partial charge on any atom is 0.345 e. The Morgan fingerprint density at radius 3 is 2.64 bits per heavy atom. The summed E-state index contributed by atoms with van der Waals surface area (Å²) in [5.74, 6) is -1.69. The summed E-state index contributed by atoms with van der Waals surface area (Å²) in [5.41, 5.74) is -0.410. The van der Waals surface area contributed by atoms with E-state index in [0.717, 1.165) is 18.2 Å². The van der Waals surface area contributed by atoms with Gasteiger partial charge in [-0.1, -0.05) is 0 Å². The molecule has 22 heavy (non-hydrogen) atoms. The minimum Gasteiger partial charge on any atom is -0.497 e. The minimum absolute atomic E-state index is 0.0953. The van der Waals surface area contributed by atoms with Crippen LogP contribution >= 0.6 is 15.9 Å². The molecular formula is C14H9BrFNO5. The van der Waals surface area contributed by atoms with E-state index >= 15 is 0 Å². The van der Waals surface area contributed by atoms with Gasteiger partial charge in [0, 0.05) is 16.6 Å². The molecule has 0 aromatic heterocycles. The van der Waals surface area contributed by atoms with Gasteiger partial charge in [0.15, 0.2) is 0 Å². The molecule has 0 radical (unpaired) electrons. The first-order valence-electron chi connectivity index (χ1n) is 5.92. The summed E-state index contributed by atoms with van der Waals surface area (Å²) in [4.78, 5) is 22.3. The first-order valence-corrected chi connectivity index (χ1v) is 6.71. The summed E-state index contributed by atoms with van der Waals surface area (Å²) in [5, 5.41) is 10.9. The van der Waals surface area contributed by atoms with Crippen LogP contribution in [-0.2, 0) is 0 Å². The lowest BCUT2D eigenvalue weighted by atomic mass is 10.2. The van der Waals surface area contributed by atoms with Crippen LogP contribution in [0.1, 0.15) is 10.4 Å². The lowest BCUT2D eigenvalue weighted by Crippen LogP contribution is -2.11. The Bertz CT molecular complexity index is 750. The number of rotatable bonds is 4. The van der Waals surface area contributed by atoms with E-state index in [1.165, 1.54) is 13.2 Å².